The summed E-state index contributed by atoms with van der Waals surface area (Å²) in [5.74, 6) is 1.22. The number of fused-ring (bicyclic) bond motifs is 1. The van der Waals surface area contributed by atoms with E-state index in [2.05, 4.69) is 61.7 Å². The second kappa shape index (κ2) is 10.4. The third-order valence-corrected chi connectivity index (χ3v) is 5.62. The van der Waals surface area contributed by atoms with Crippen molar-refractivity contribution in [3.8, 4) is 0 Å². The number of rotatable bonds is 7. The molecule has 3 aromatic rings. The Morgan fingerprint density at radius 1 is 1.22 bits per heavy atom. The molecule has 0 spiro atoms. The summed E-state index contributed by atoms with van der Waals surface area (Å²) in [7, 11) is 0. The molecule has 0 unspecified atom stereocenters. The molecular weight excluding hydrogens is 404 g/mol. The molecule has 32 heavy (non-hydrogen) atoms. The number of carbonyl (C=O) groups excluding carboxylic acids is 1. The molecule has 0 saturated carbocycles. The van der Waals surface area contributed by atoms with Crippen LogP contribution in [0.2, 0.25) is 0 Å². The van der Waals surface area contributed by atoms with E-state index in [4.69, 9.17) is 4.74 Å². The first kappa shape index (κ1) is 22.0. The van der Waals surface area contributed by atoms with Gasteiger partial charge in [0.2, 0.25) is 0 Å². The predicted molar refractivity (Wildman–Crippen MR) is 126 cm³/mol. The van der Waals surface area contributed by atoms with Gasteiger partial charge in [0.1, 0.15) is 17.2 Å². The molecule has 0 radical (unpaired) electrons. The van der Waals surface area contributed by atoms with Crippen molar-refractivity contribution >= 4 is 28.8 Å². The van der Waals surface area contributed by atoms with Gasteiger partial charge >= 0.3 is 6.03 Å². The molecule has 1 fully saturated rings. The Bertz CT molecular complexity index is 1050. The maximum absolute atomic E-state index is 12.4. The quantitative estimate of drug-likeness (QED) is 0.588. The summed E-state index contributed by atoms with van der Waals surface area (Å²) >= 11 is 0. The second-order valence-electron chi connectivity index (χ2n) is 8.26. The summed E-state index contributed by atoms with van der Waals surface area (Å²) in [6.07, 6.45) is 4.68. The standard InChI is InChI=1S/C24H30N6O2/c1-17(7-6-10-19-8-4-3-5-9-19)26-24(31)28-21-12-11-20-23(27-21)29-22(15-25-20)30-13-14-32-16-18(30)2/h3-5,8-9,11-12,15,17-18H,6-7,10,13-14,16H2,1-2H3,(H2,26,27,28,29,31)/t17-,18+/m1/s1. The molecule has 2 N–H and O–H groups in total. The average Bonchev–Trinajstić information content (AvgIpc) is 2.79. The lowest BCUT2D eigenvalue weighted by atomic mass is 10.1. The van der Waals surface area contributed by atoms with Gasteiger partial charge < -0.3 is 15.0 Å². The number of urea groups is 1. The molecule has 0 bridgehead atoms. The number of nitrogens with one attached hydrogen (secondary N) is 2. The Balaban J connectivity index is 1.33. The summed E-state index contributed by atoms with van der Waals surface area (Å²) < 4.78 is 5.50. The zero-order valence-electron chi connectivity index (χ0n) is 18.6. The van der Waals surface area contributed by atoms with Gasteiger partial charge in [-0.2, -0.15) is 0 Å². The monoisotopic (exact) mass is 434 g/mol. The Labute approximate surface area is 188 Å². The van der Waals surface area contributed by atoms with E-state index in [1.54, 1.807) is 12.3 Å². The molecule has 1 aliphatic heterocycles. The van der Waals surface area contributed by atoms with Crippen LogP contribution in [0.5, 0.6) is 0 Å². The van der Waals surface area contributed by atoms with Crippen molar-refractivity contribution in [3.05, 3.63) is 54.2 Å². The zero-order chi connectivity index (χ0) is 22.3. The minimum absolute atomic E-state index is 0.0633. The SMILES string of the molecule is C[C@H](CCCc1ccccc1)NC(=O)Nc1ccc2ncc(N3CCOC[C@@H]3C)nc2n1. The fourth-order valence-electron chi connectivity index (χ4n) is 3.87. The maximum atomic E-state index is 12.4. The van der Waals surface area contributed by atoms with Crippen LogP contribution in [0.4, 0.5) is 16.4 Å². The lowest BCUT2D eigenvalue weighted by molar-refractivity contribution is 0.0985. The van der Waals surface area contributed by atoms with Gasteiger partial charge in [-0.15, -0.1) is 0 Å². The van der Waals surface area contributed by atoms with Gasteiger partial charge in [0, 0.05) is 12.6 Å². The molecule has 2 aromatic heterocycles. The van der Waals surface area contributed by atoms with Gasteiger partial charge in [0.15, 0.2) is 5.65 Å². The van der Waals surface area contributed by atoms with Gasteiger partial charge in [-0.1, -0.05) is 30.3 Å². The molecule has 3 heterocycles. The van der Waals surface area contributed by atoms with Gasteiger partial charge in [0.05, 0.1) is 25.5 Å². The number of nitrogens with zero attached hydrogens (tertiary/aromatic N) is 4. The Hall–Kier alpha value is -3.26. The molecule has 1 saturated heterocycles. The van der Waals surface area contributed by atoms with Crippen LogP contribution in [0.1, 0.15) is 32.3 Å². The lowest BCUT2D eigenvalue weighted by Crippen LogP contribution is -2.44. The first-order valence-electron chi connectivity index (χ1n) is 11.2. The van der Waals surface area contributed by atoms with Crippen LogP contribution in [-0.4, -0.2) is 52.8 Å². The van der Waals surface area contributed by atoms with E-state index in [0.29, 0.717) is 30.2 Å². The first-order chi connectivity index (χ1) is 15.6. The highest BCUT2D eigenvalue weighted by Crippen LogP contribution is 2.20. The van der Waals surface area contributed by atoms with E-state index in [0.717, 1.165) is 31.6 Å². The summed E-state index contributed by atoms with van der Waals surface area (Å²) in [5, 5.41) is 5.80. The van der Waals surface area contributed by atoms with Crippen LogP contribution in [0.15, 0.2) is 48.7 Å². The van der Waals surface area contributed by atoms with Crippen LogP contribution in [0.3, 0.4) is 0 Å². The lowest BCUT2D eigenvalue weighted by Gasteiger charge is -2.33. The predicted octanol–water partition coefficient (Wildman–Crippen LogP) is 3.78. The van der Waals surface area contributed by atoms with E-state index < -0.39 is 0 Å². The van der Waals surface area contributed by atoms with Crippen LogP contribution in [0.25, 0.3) is 11.2 Å². The van der Waals surface area contributed by atoms with Gasteiger partial charge in [0.25, 0.3) is 0 Å². The fraction of sp³-hybridized carbons (Fsp3) is 0.417. The third kappa shape index (κ3) is 5.70. The van der Waals surface area contributed by atoms with Gasteiger partial charge in [-0.25, -0.2) is 19.7 Å². The fourth-order valence-corrected chi connectivity index (χ4v) is 3.87. The zero-order valence-corrected chi connectivity index (χ0v) is 18.6. The van der Waals surface area contributed by atoms with Gasteiger partial charge in [-0.05, 0) is 50.8 Å². The van der Waals surface area contributed by atoms with Crippen molar-refractivity contribution in [2.45, 2.75) is 45.2 Å². The summed E-state index contributed by atoms with van der Waals surface area (Å²) in [6.45, 7) is 6.21. The van der Waals surface area contributed by atoms with Crippen molar-refractivity contribution in [2.24, 2.45) is 0 Å². The van der Waals surface area contributed by atoms with Crippen LogP contribution >= 0.6 is 0 Å². The van der Waals surface area contributed by atoms with E-state index in [1.807, 2.05) is 19.1 Å². The van der Waals surface area contributed by atoms with E-state index >= 15 is 0 Å². The molecule has 8 nitrogen and oxygen atoms in total. The Kier molecular flexibility index (Phi) is 7.11. The maximum Gasteiger partial charge on any atom is 0.320 e. The summed E-state index contributed by atoms with van der Waals surface area (Å²) in [4.78, 5) is 28.3. The number of anilines is 2. The first-order valence-corrected chi connectivity index (χ1v) is 11.2. The van der Waals surface area contributed by atoms with E-state index in [1.165, 1.54) is 5.56 Å². The number of hydrogen-bond acceptors (Lipinski definition) is 6. The Morgan fingerprint density at radius 2 is 2.06 bits per heavy atom. The number of hydrogen-bond donors (Lipinski definition) is 2. The largest absolute Gasteiger partial charge is 0.377 e. The molecule has 168 valence electrons. The van der Waals surface area contributed by atoms with Crippen LogP contribution in [0, 0.1) is 0 Å². The van der Waals surface area contributed by atoms with Crippen molar-refractivity contribution in [1.29, 1.82) is 0 Å². The molecule has 0 aliphatic carbocycles. The summed E-state index contributed by atoms with van der Waals surface area (Å²) in [6, 6.07) is 14.0. The molecule has 2 atom stereocenters. The van der Waals surface area contributed by atoms with Crippen molar-refractivity contribution in [3.63, 3.8) is 0 Å². The highest BCUT2D eigenvalue weighted by molar-refractivity contribution is 5.89. The molecule has 4 rings (SSSR count). The number of aryl methyl sites for hydroxylation is 1. The van der Waals surface area contributed by atoms with E-state index in [9.17, 15) is 4.79 Å². The average molecular weight is 435 g/mol. The van der Waals surface area contributed by atoms with Crippen LogP contribution in [-0.2, 0) is 11.2 Å². The molecule has 1 aliphatic rings. The number of morpholine rings is 1. The highest BCUT2D eigenvalue weighted by atomic mass is 16.5. The molecular formula is C24H30N6O2. The van der Waals surface area contributed by atoms with Crippen LogP contribution < -0.4 is 15.5 Å². The van der Waals surface area contributed by atoms with Crippen molar-refractivity contribution in [1.82, 2.24) is 20.3 Å². The molecule has 8 heteroatoms. The highest BCUT2D eigenvalue weighted by Gasteiger charge is 2.21. The van der Waals surface area contributed by atoms with E-state index in [-0.39, 0.29) is 18.1 Å². The summed E-state index contributed by atoms with van der Waals surface area (Å²) in [5.41, 5.74) is 2.52. The number of amides is 2. The number of benzene rings is 1. The van der Waals surface area contributed by atoms with Crippen molar-refractivity contribution < 1.29 is 9.53 Å². The molecule has 1 aromatic carbocycles. The van der Waals surface area contributed by atoms with Crippen molar-refractivity contribution in [2.75, 3.05) is 30.0 Å². The number of carbonyl (C=O) groups is 1. The number of pyridine rings is 1. The smallest absolute Gasteiger partial charge is 0.320 e. The number of ether oxygens (including phenoxy) is 1. The Morgan fingerprint density at radius 3 is 2.88 bits per heavy atom. The minimum Gasteiger partial charge on any atom is -0.377 e. The molecule has 2 amide bonds. The third-order valence-electron chi connectivity index (χ3n) is 5.62. The number of aromatic nitrogens is 3. The van der Waals surface area contributed by atoms with Gasteiger partial charge in [-0.3, -0.25) is 5.32 Å². The second-order valence-corrected chi connectivity index (χ2v) is 8.26. The topological polar surface area (TPSA) is 92.3 Å². The minimum atomic E-state index is -0.269. The normalized spacial score (nSPS) is 17.2.